The second-order valence-electron chi connectivity index (χ2n) is 6.62. The Balaban J connectivity index is 0.000001000. The molecule has 0 spiro atoms. The molecule has 0 nitrogen and oxygen atoms in total. The van der Waals surface area contributed by atoms with E-state index < -0.39 is 8.07 Å². The second-order valence-corrected chi connectivity index (χ2v) is 13.1. The van der Waals surface area contributed by atoms with Crippen LogP contribution in [0.15, 0.2) is 40.4 Å². The molecule has 20 heavy (non-hydrogen) atoms. The van der Waals surface area contributed by atoms with Crippen LogP contribution < -0.4 is 24.8 Å². The number of hydrogen-bond donors (Lipinski definition) is 0. The van der Waals surface area contributed by atoms with E-state index in [0.717, 1.165) is 0 Å². The molecule has 0 bridgehead atoms. The van der Waals surface area contributed by atoms with Gasteiger partial charge in [0, 0.05) is 0 Å². The molecule has 3 rings (SSSR count). The normalized spacial score (nSPS) is 22.9. The summed E-state index contributed by atoms with van der Waals surface area (Å²) in [5, 5.41) is 3.71. The molecule has 0 unspecified atom stereocenters. The molecule has 3 aliphatic rings. The first kappa shape index (κ1) is 18.5. The van der Waals surface area contributed by atoms with Crippen LogP contribution in [0.2, 0.25) is 13.1 Å². The van der Waals surface area contributed by atoms with E-state index in [1.165, 1.54) is 12.8 Å². The number of allylic oxidation sites excluding steroid dienone is 8. The molecule has 0 aromatic heterocycles. The Labute approximate surface area is 145 Å². The van der Waals surface area contributed by atoms with Gasteiger partial charge in [-0.05, 0) is 0 Å². The monoisotopic (exact) mass is 360 g/mol. The van der Waals surface area contributed by atoms with Crippen LogP contribution in [-0.4, -0.2) is 8.07 Å². The molecule has 0 amide bonds. The first-order chi connectivity index (χ1) is 8.34. The fourth-order valence-electron chi connectivity index (χ4n) is 4.06. The molecule has 108 valence electrons. The van der Waals surface area contributed by atoms with Crippen molar-refractivity contribution in [2.75, 3.05) is 0 Å². The molecule has 0 atom stereocenters. The minimum atomic E-state index is -1.39. The van der Waals surface area contributed by atoms with E-state index in [-0.39, 0.29) is 44.0 Å². The van der Waals surface area contributed by atoms with Gasteiger partial charge in [-0.15, -0.1) is 0 Å². The maximum absolute atomic E-state index is 2.59. The quantitative estimate of drug-likeness (QED) is 0.479. The van der Waals surface area contributed by atoms with Crippen molar-refractivity contribution in [3.63, 3.8) is 0 Å². The van der Waals surface area contributed by atoms with Crippen molar-refractivity contribution in [1.29, 1.82) is 0 Å². The molecule has 0 fully saturated rings. The Kier molecular flexibility index (Phi) is 5.49. The molecular weight excluding hydrogens is 339 g/mol. The topological polar surface area (TPSA) is 0 Å². The van der Waals surface area contributed by atoms with Crippen molar-refractivity contribution in [3.05, 3.63) is 40.4 Å². The van der Waals surface area contributed by atoms with Gasteiger partial charge >= 0.3 is 121 Å². The molecule has 0 aromatic rings. The summed E-state index contributed by atoms with van der Waals surface area (Å²) in [5.41, 5.74) is 6.64. The van der Waals surface area contributed by atoms with Gasteiger partial charge in [0.15, 0.2) is 0 Å². The van der Waals surface area contributed by atoms with Gasteiger partial charge in [0.25, 0.3) is 0 Å². The van der Waals surface area contributed by atoms with Crippen LogP contribution in [0.1, 0.15) is 40.5 Å². The zero-order valence-electron chi connectivity index (χ0n) is 13.2. The minimum Gasteiger partial charge on any atom is -1.00 e. The molecule has 2 aliphatic carbocycles. The Hall–Kier alpha value is 0.471. The van der Waals surface area contributed by atoms with E-state index in [9.17, 15) is 0 Å². The van der Waals surface area contributed by atoms with Crippen LogP contribution in [0, 0.1) is 0 Å². The van der Waals surface area contributed by atoms with Gasteiger partial charge in [0.2, 0.25) is 0 Å². The summed E-state index contributed by atoms with van der Waals surface area (Å²) in [4.78, 5) is 0. The molecule has 0 N–H and O–H groups in total. The van der Waals surface area contributed by atoms with Gasteiger partial charge in [0.05, 0.1) is 0 Å². The fourth-order valence-corrected chi connectivity index (χ4v) is 14.4. The standard InChI is InChI=1S/C16H22Si.2ClH.Ti/c1-11-7-9-15(13(11)3)17(5,6)16-10-8-12(2)14(16)4;;;/h7-8H2,1-6H3;2*1H;/q;;;+2/p-2. The average Bonchev–Trinajstić information content (AvgIpc) is 2.68. The molecular formula is C16H22Cl2SiTi. The van der Waals surface area contributed by atoms with E-state index in [4.69, 9.17) is 0 Å². The van der Waals surface area contributed by atoms with Gasteiger partial charge in [-0.1, -0.05) is 0 Å². The zero-order chi connectivity index (χ0) is 13.2. The maximum Gasteiger partial charge on any atom is -1.00 e. The van der Waals surface area contributed by atoms with Crippen LogP contribution in [0.3, 0.4) is 0 Å². The number of halogens is 2. The second kappa shape index (κ2) is 5.93. The predicted octanol–water partition coefficient (Wildman–Crippen LogP) is -1.13. The smallest absolute Gasteiger partial charge is 1.00 e. The van der Waals surface area contributed by atoms with Gasteiger partial charge < -0.3 is 24.8 Å². The Morgan fingerprint density at radius 3 is 1.45 bits per heavy atom. The van der Waals surface area contributed by atoms with Crippen molar-refractivity contribution >= 4 is 8.07 Å². The molecule has 0 saturated heterocycles. The summed E-state index contributed by atoms with van der Waals surface area (Å²) < 4.78 is 3.78. The van der Waals surface area contributed by atoms with E-state index >= 15 is 0 Å². The van der Waals surface area contributed by atoms with Gasteiger partial charge in [0.1, 0.15) is 0 Å². The maximum atomic E-state index is 2.59. The summed E-state index contributed by atoms with van der Waals surface area (Å²) in [5.74, 6) is 0. The molecule has 1 heterocycles. The fraction of sp³-hybridized carbons (Fsp3) is 0.500. The van der Waals surface area contributed by atoms with Gasteiger partial charge in [-0.2, -0.15) is 0 Å². The summed E-state index contributed by atoms with van der Waals surface area (Å²) in [6, 6.07) is 0. The molecule has 0 aromatic carbocycles. The minimum absolute atomic E-state index is 0. The van der Waals surface area contributed by atoms with Crippen LogP contribution in [0.25, 0.3) is 0 Å². The molecule has 0 saturated carbocycles. The van der Waals surface area contributed by atoms with Gasteiger partial charge in [-0.3, -0.25) is 0 Å². The van der Waals surface area contributed by atoms with E-state index in [1.807, 2.05) is 18.1 Å². The van der Waals surface area contributed by atoms with Crippen LogP contribution in [0.5, 0.6) is 0 Å². The van der Waals surface area contributed by atoms with Gasteiger partial charge in [-0.25, -0.2) is 0 Å². The summed E-state index contributed by atoms with van der Waals surface area (Å²) in [6.45, 7) is 14.6. The Bertz CT molecular complexity index is 542. The van der Waals surface area contributed by atoms with Crippen molar-refractivity contribution in [2.45, 2.75) is 53.6 Å². The van der Waals surface area contributed by atoms with E-state index in [2.05, 4.69) is 40.8 Å². The molecule has 1 aliphatic heterocycles. The van der Waals surface area contributed by atoms with Crippen molar-refractivity contribution in [3.8, 4) is 0 Å². The zero-order valence-corrected chi connectivity index (χ0v) is 17.2. The third-order valence-corrected chi connectivity index (χ3v) is 12.0. The van der Waals surface area contributed by atoms with Crippen molar-refractivity contribution in [1.82, 2.24) is 0 Å². The SMILES string of the molecule is CC1=C(C)C2=[C](C1)[Ti+2][C]1=C(C(C)=C(C)C1)[Si]2(C)C.[Cl-].[Cl-]. The first-order valence-electron chi connectivity index (χ1n) is 6.91. The van der Waals surface area contributed by atoms with E-state index in [0.29, 0.717) is 0 Å². The average molecular weight is 361 g/mol. The Morgan fingerprint density at radius 1 is 0.750 bits per heavy atom. The largest absolute Gasteiger partial charge is 1.00 e. The third-order valence-electron chi connectivity index (χ3n) is 5.07. The van der Waals surface area contributed by atoms with E-state index in [1.54, 1.807) is 22.3 Å². The van der Waals surface area contributed by atoms with Crippen molar-refractivity contribution in [2.24, 2.45) is 0 Å². The molecule has 0 radical (unpaired) electrons. The molecule has 4 heteroatoms. The first-order valence-corrected chi connectivity index (χ1v) is 11.5. The Morgan fingerprint density at radius 2 is 1.10 bits per heavy atom. The number of hydrogen-bond acceptors (Lipinski definition) is 0. The summed E-state index contributed by atoms with van der Waals surface area (Å²) >= 11 is 0.0198. The predicted molar refractivity (Wildman–Crippen MR) is 77.5 cm³/mol. The van der Waals surface area contributed by atoms with Crippen LogP contribution >= 0.6 is 0 Å². The van der Waals surface area contributed by atoms with Crippen LogP contribution in [-0.2, 0) is 19.2 Å². The van der Waals surface area contributed by atoms with Crippen molar-refractivity contribution < 1.29 is 44.0 Å². The van der Waals surface area contributed by atoms with Crippen LogP contribution in [0.4, 0.5) is 0 Å². The third kappa shape index (κ3) is 2.40. The summed E-state index contributed by atoms with van der Waals surface area (Å²) in [7, 11) is -1.39. The summed E-state index contributed by atoms with van der Waals surface area (Å²) in [6.07, 6.45) is 2.62. The number of rotatable bonds is 0.